The molecule has 0 aromatic heterocycles. The van der Waals surface area contributed by atoms with Gasteiger partial charge in [-0.15, -0.1) is 0 Å². The van der Waals surface area contributed by atoms with Gasteiger partial charge in [-0.25, -0.2) is 17.5 Å². The number of rotatable bonds is 4. The minimum Gasteiger partial charge on any atom is -0.351 e. The number of primary amides is 1. The van der Waals surface area contributed by atoms with Crippen molar-refractivity contribution >= 4 is 16.1 Å². The third-order valence-electron chi connectivity index (χ3n) is 3.07. The van der Waals surface area contributed by atoms with E-state index >= 15 is 0 Å². The number of amides is 2. The summed E-state index contributed by atoms with van der Waals surface area (Å²) >= 11 is 0. The zero-order valence-corrected chi connectivity index (χ0v) is 12.4. The number of benzene rings is 2. The molecular formula is C15H16N2O3S. The largest absolute Gasteiger partial charge is 0.351 e. The molecule has 6 heteroatoms. The molecule has 0 unspecified atom stereocenters. The third-order valence-corrected chi connectivity index (χ3v) is 5.00. The van der Waals surface area contributed by atoms with E-state index in [2.05, 4.69) is 0 Å². The second-order valence-corrected chi connectivity index (χ2v) is 6.20. The molecule has 0 fully saturated rings. The summed E-state index contributed by atoms with van der Waals surface area (Å²) in [5, 5.41) is 0. The molecular weight excluding hydrogens is 288 g/mol. The first-order valence-corrected chi connectivity index (χ1v) is 7.89. The predicted molar refractivity (Wildman–Crippen MR) is 81.0 cm³/mol. The molecule has 5 nitrogen and oxygen atoms in total. The van der Waals surface area contributed by atoms with Gasteiger partial charge in [-0.2, -0.15) is 0 Å². The number of nitrogens with zero attached hydrogens (tertiary/aromatic N) is 1. The van der Waals surface area contributed by atoms with Crippen LogP contribution >= 0.6 is 0 Å². The first kappa shape index (κ1) is 15.1. The topological polar surface area (TPSA) is 80.5 Å². The van der Waals surface area contributed by atoms with Crippen molar-refractivity contribution < 1.29 is 13.2 Å². The van der Waals surface area contributed by atoms with Crippen molar-refractivity contribution in [3.8, 4) is 11.1 Å². The minimum atomic E-state index is -3.97. The number of urea groups is 1. The summed E-state index contributed by atoms with van der Waals surface area (Å²) in [5.41, 5.74) is 6.47. The number of carbonyl (C=O) groups is 1. The van der Waals surface area contributed by atoms with E-state index in [1.807, 2.05) is 30.3 Å². The predicted octanol–water partition coefficient (Wildman–Crippen LogP) is 2.44. The molecule has 2 rings (SSSR count). The van der Waals surface area contributed by atoms with Crippen molar-refractivity contribution in [2.45, 2.75) is 11.8 Å². The molecule has 0 radical (unpaired) electrons. The highest BCUT2D eigenvalue weighted by Crippen LogP contribution is 2.29. The van der Waals surface area contributed by atoms with Crippen LogP contribution < -0.4 is 5.73 Å². The van der Waals surface area contributed by atoms with Crippen LogP contribution in [0.5, 0.6) is 0 Å². The standard InChI is InChI=1S/C15H16N2O3S/c1-2-17(15(16)18)21(19,20)14-11-7-6-10-13(14)12-8-4-3-5-9-12/h3-11H,2H2,1H3,(H2,16,18). The minimum absolute atomic E-state index is 0.0131. The molecule has 0 bridgehead atoms. The zero-order valence-electron chi connectivity index (χ0n) is 11.6. The van der Waals surface area contributed by atoms with Crippen LogP contribution in [-0.4, -0.2) is 25.3 Å². The summed E-state index contributed by atoms with van der Waals surface area (Å²) in [6, 6.07) is 14.7. The van der Waals surface area contributed by atoms with Crippen molar-refractivity contribution in [1.82, 2.24) is 4.31 Å². The third kappa shape index (κ3) is 2.90. The molecule has 0 aliphatic heterocycles. The van der Waals surface area contributed by atoms with E-state index in [9.17, 15) is 13.2 Å². The van der Waals surface area contributed by atoms with Crippen molar-refractivity contribution in [3.05, 3.63) is 54.6 Å². The first-order valence-electron chi connectivity index (χ1n) is 6.45. The van der Waals surface area contributed by atoms with E-state index in [1.54, 1.807) is 25.1 Å². The van der Waals surface area contributed by atoms with E-state index in [1.165, 1.54) is 6.07 Å². The van der Waals surface area contributed by atoms with Crippen LogP contribution in [0.15, 0.2) is 59.5 Å². The Balaban J connectivity index is 2.63. The van der Waals surface area contributed by atoms with Gasteiger partial charge in [0.05, 0.1) is 4.90 Å². The summed E-state index contributed by atoms with van der Waals surface area (Å²) in [4.78, 5) is 11.4. The van der Waals surface area contributed by atoms with E-state index in [-0.39, 0.29) is 11.4 Å². The number of hydrogen-bond donors (Lipinski definition) is 1. The highest BCUT2D eigenvalue weighted by molar-refractivity contribution is 7.89. The number of carbonyl (C=O) groups excluding carboxylic acids is 1. The van der Waals surface area contributed by atoms with Crippen LogP contribution in [-0.2, 0) is 10.0 Å². The SMILES string of the molecule is CCN(C(N)=O)S(=O)(=O)c1ccccc1-c1ccccc1. The molecule has 2 N–H and O–H groups in total. The maximum atomic E-state index is 12.6. The lowest BCUT2D eigenvalue weighted by molar-refractivity contribution is 0.233. The fourth-order valence-corrected chi connectivity index (χ4v) is 3.64. The molecule has 110 valence electrons. The van der Waals surface area contributed by atoms with Gasteiger partial charge >= 0.3 is 6.03 Å². The fourth-order valence-electron chi connectivity index (χ4n) is 2.11. The molecule has 0 aliphatic carbocycles. The van der Waals surface area contributed by atoms with Crippen molar-refractivity contribution in [2.24, 2.45) is 5.73 Å². The average Bonchev–Trinajstić information content (AvgIpc) is 2.48. The maximum absolute atomic E-state index is 12.6. The molecule has 0 spiro atoms. The highest BCUT2D eigenvalue weighted by atomic mass is 32.2. The Labute approximate surface area is 124 Å². The monoisotopic (exact) mass is 304 g/mol. The van der Waals surface area contributed by atoms with Gasteiger partial charge in [0.15, 0.2) is 0 Å². The normalized spacial score (nSPS) is 11.1. The second kappa shape index (κ2) is 5.97. The van der Waals surface area contributed by atoms with Crippen molar-refractivity contribution in [2.75, 3.05) is 6.54 Å². The van der Waals surface area contributed by atoms with E-state index in [4.69, 9.17) is 5.73 Å². The fraction of sp³-hybridized carbons (Fsp3) is 0.133. The number of sulfonamides is 1. The Bertz CT molecular complexity index is 743. The van der Waals surface area contributed by atoms with Gasteiger partial charge in [-0.1, -0.05) is 48.5 Å². The van der Waals surface area contributed by atoms with Gasteiger partial charge in [0.25, 0.3) is 10.0 Å². The molecule has 2 aromatic carbocycles. The Morgan fingerprint density at radius 3 is 2.19 bits per heavy atom. The summed E-state index contributed by atoms with van der Waals surface area (Å²) in [7, 11) is -3.97. The van der Waals surface area contributed by atoms with Gasteiger partial charge in [-0.3, -0.25) is 0 Å². The van der Waals surface area contributed by atoms with Crippen LogP contribution in [0.1, 0.15) is 6.92 Å². The Morgan fingerprint density at radius 2 is 1.62 bits per heavy atom. The van der Waals surface area contributed by atoms with Gasteiger partial charge in [-0.05, 0) is 18.6 Å². The van der Waals surface area contributed by atoms with Crippen LogP contribution in [0.2, 0.25) is 0 Å². The summed E-state index contributed by atoms with van der Waals surface area (Å²) in [6.45, 7) is 1.55. The molecule has 0 aliphatic rings. The van der Waals surface area contributed by atoms with Crippen molar-refractivity contribution in [3.63, 3.8) is 0 Å². The lowest BCUT2D eigenvalue weighted by Crippen LogP contribution is -2.40. The quantitative estimate of drug-likeness (QED) is 0.942. The number of hydrogen-bond acceptors (Lipinski definition) is 3. The molecule has 0 atom stereocenters. The van der Waals surface area contributed by atoms with Crippen LogP contribution in [0, 0.1) is 0 Å². The summed E-state index contributed by atoms with van der Waals surface area (Å²) in [5.74, 6) is 0. The molecule has 0 saturated heterocycles. The molecule has 2 amide bonds. The second-order valence-electron chi connectivity index (χ2n) is 4.37. The lowest BCUT2D eigenvalue weighted by atomic mass is 10.1. The van der Waals surface area contributed by atoms with Crippen LogP contribution in [0.3, 0.4) is 0 Å². The molecule has 2 aromatic rings. The van der Waals surface area contributed by atoms with E-state index < -0.39 is 16.1 Å². The number of nitrogens with two attached hydrogens (primary N) is 1. The average molecular weight is 304 g/mol. The van der Waals surface area contributed by atoms with Crippen LogP contribution in [0.4, 0.5) is 4.79 Å². The van der Waals surface area contributed by atoms with Gasteiger partial charge < -0.3 is 5.73 Å². The molecule has 0 heterocycles. The summed E-state index contributed by atoms with van der Waals surface area (Å²) in [6.07, 6.45) is 0. The molecule has 21 heavy (non-hydrogen) atoms. The Morgan fingerprint density at radius 1 is 1.05 bits per heavy atom. The highest BCUT2D eigenvalue weighted by Gasteiger charge is 2.28. The smallest absolute Gasteiger partial charge is 0.328 e. The Hall–Kier alpha value is -2.34. The Kier molecular flexibility index (Phi) is 4.28. The zero-order chi connectivity index (χ0) is 15.5. The van der Waals surface area contributed by atoms with Gasteiger partial charge in [0.2, 0.25) is 0 Å². The lowest BCUT2D eigenvalue weighted by Gasteiger charge is -2.20. The summed E-state index contributed by atoms with van der Waals surface area (Å²) < 4.78 is 25.9. The van der Waals surface area contributed by atoms with Crippen molar-refractivity contribution in [1.29, 1.82) is 0 Å². The van der Waals surface area contributed by atoms with E-state index in [0.717, 1.165) is 5.56 Å². The first-order chi connectivity index (χ1) is 9.98. The maximum Gasteiger partial charge on any atom is 0.328 e. The van der Waals surface area contributed by atoms with Gasteiger partial charge in [0, 0.05) is 12.1 Å². The van der Waals surface area contributed by atoms with E-state index in [0.29, 0.717) is 9.87 Å². The van der Waals surface area contributed by atoms with Crippen LogP contribution in [0.25, 0.3) is 11.1 Å². The molecule has 0 saturated carbocycles. The van der Waals surface area contributed by atoms with Gasteiger partial charge in [0.1, 0.15) is 0 Å².